The van der Waals surface area contributed by atoms with Gasteiger partial charge in [-0.3, -0.25) is 4.79 Å². The van der Waals surface area contributed by atoms with Crippen LogP contribution < -0.4 is 20.7 Å². The maximum atomic E-state index is 13.0. The van der Waals surface area contributed by atoms with E-state index in [1.54, 1.807) is 0 Å². The number of carbonyl (C=O) groups is 1. The lowest BCUT2D eigenvalue weighted by Gasteiger charge is -2.13. The molecule has 1 aliphatic rings. The van der Waals surface area contributed by atoms with Gasteiger partial charge in [-0.1, -0.05) is 17.7 Å². The lowest BCUT2D eigenvalue weighted by molar-refractivity contribution is 0.102. The third-order valence-corrected chi connectivity index (χ3v) is 6.68. The van der Waals surface area contributed by atoms with Crippen LogP contribution in [0.15, 0.2) is 60.7 Å². The summed E-state index contributed by atoms with van der Waals surface area (Å²) in [5, 5.41) is 11.4. The molecule has 3 aromatic carbocycles. The van der Waals surface area contributed by atoms with Crippen LogP contribution in [0.4, 0.5) is 11.4 Å². The number of rotatable bonds is 7. The van der Waals surface area contributed by atoms with Crippen LogP contribution in [0, 0.1) is 13.8 Å². The highest BCUT2D eigenvalue weighted by Gasteiger charge is 2.16. The predicted molar refractivity (Wildman–Crippen MR) is 143 cm³/mol. The lowest BCUT2D eigenvalue weighted by Crippen LogP contribution is -2.29. The number of fused-ring (bicyclic) bond motifs is 1. The van der Waals surface area contributed by atoms with E-state index in [4.69, 9.17) is 16.3 Å². The van der Waals surface area contributed by atoms with Crippen molar-refractivity contribution in [3.63, 3.8) is 0 Å². The lowest BCUT2D eigenvalue weighted by atomic mass is 10.1. The van der Waals surface area contributed by atoms with E-state index < -0.39 is 0 Å². The molecule has 0 radical (unpaired) electrons. The molecular weight excluding hydrogens is 460 g/mol. The van der Waals surface area contributed by atoms with Crippen LogP contribution in [-0.2, 0) is 0 Å². The average molecular weight is 489 g/mol. The number of hydrogen-bond acceptors (Lipinski definition) is 4. The van der Waals surface area contributed by atoms with E-state index >= 15 is 0 Å². The van der Waals surface area contributed by atoms with Crippen molar-refractivity contribution in [3.05, 3.63) is 82.5 Å². The molecule has 35 heavy (non-hydrogen) atoms. The Balaban J connectivity index is 1.27. The highest BCUT2D eigenvalue weighted by Crippen LogP contribution is 2.29. The van der Waals surface area contributed by atoms with Gasteiger partial charge in [0.2, 0.25) is 0 Å². The van der Waals surface area contributed by atoms with Crippen LogP contribution in [-0.4, -0.2) is 30.0 Å². The second-order valence-corrected chi connectivity index (χ2v) is 9.54. The van der Waals surface area contributed by atoms with Gasteiger partial charge in [0, 0.05) is 28.7 Å². The van der Waals surface area contributed by atoms with Crippen molar-refractivity contribution in [2.75, 3.05) is 23.7 Å². The number of H-pyrrole nitrogens is 1. The normalized spacial score (nSPS) is 15.3. The standard InChI is InChI=1S/C28H29ClN4O2/c1-17-5-8-24(12-18(17)2)35-23-9-6-21(7-10-23)32-28(34)26-14-19-13-20(29)15-25(27(19)33-26)31-16-22-4-3-11-30-22/h5-10,12-15,22,30-31,33H,3-4,11,16H2,1-2H3,(H,32,34). The maximum absolute atomic E-state index is 13.0. The molecule has 5 rings (SSSR count). The van der Waals surface area contributed by atoms with E-state index in [2.05, 4.69) is 34.8 Å². The van der Waals surface area contributed by atoms with Crippen molar-refractivity contribution < 1.29 is 9.53 Å². The molecule has 1 fully saturated rings. The Hall–Kier alpha value is -3.48. The quantitative estimate of drug-likeness (QED) is 0.235. The summed E-state index contributed by atoms with van der Waals surface area (Å²) in [7, 11) is 0. The SMILES string of the molecule is Cc1ccc(Oc2ccc(NC(=O)c3cc4cc(Cl)cc(NCC5CCCN5)c4[nH]3)cc2)cc1C. The number of ether oxygens (including phenoxy) is 1. The van der Waals surface area contributed by atoms with Crippen LogP contribution in [0.25, 0.3) is 10.9 Å². The van der Waals surface area contributed by atoms with Crippen LogP contribution in [0.3, 0.4) is 0 Å². The van der Waals surface area contributed by atoms with E-state index in [0.29, 0.717) is 28.2 Å². The molecule has 4 N–H and O–H groups in total. The molecule has 1 aromatic heterocycles. The molecule has 7 heteroatoms. The third-order valence-electron chi connectivity index (χ3n) is 6.47. The molecule has 1 aliphatic heterocycles. The molecule has 0 spiro atoms. The second-order valence-electron chi connectivity index (χ2n) is 9.10. The summed E-state index contributed by atoms with van der Waals surface area (Å²) >= 11 is 6.35. The second kappa shape index (κ2) is 10.0. The summed E-state index contributed by atoms with van der Waals surface area (Å²) in [6.07, 6.45) is 2.35. The minimum Gasteiger partial charge on any atom is -0.457 e. The molecule has 180 valence electrons. The molecular formula is C28H29ClN4O2. The summed E-state index contributed by atoms with van der Waals surface area (Å²) < 4.78 is 5.94. The van der Waals surface area contributed by atoms with Crippen LogP contribution in [0.1, 0.15) is 34.5 Å². The summed E-state index contributed by atoms with van der Waals surface area (Å²) in [6.45, 7) is 6.00. The number of aromatic nitrogens is 1. The Morgan fingerprint density at radius 3 is 2.57 bits per heavy atom. The molecule has 2 heterocycles. The molecule has 4 aromatic rings. The van der Waals surface area contributed by atoms with Crippen molar-refractivity contribution in [3.8, 4) is 11.5 Å². The van der Waals surface area contributed by atoms with Gasteiger partial charge in [0.15, 0.2) is 0 Å². The zero-order chi connectivity index (χ0) is 24.4. The summed E-state index contributed by atoms with van der Waals surface area (Å²) in [5.41, 5.74) is 5.33. The molecule has 1 saturated heterocycles. The number of aromatic amines is 1. The monoisotopic (exact) mass is 488 g/mol. The fourth-order valence-corrected chi connectivity index (χ4v) is 4.58. The van der Waals surface area contributed by atoms with E-state index in [1.165, 1.54) is 17.5 Å². The summed E-state index contributed by atoms with van der Waals surface area (Å²) in [6, 6.07) is 19.4. The van der Waals surface area contributed by atoms with Crippen LogP contribution in [0.5, 0.6) is 11.5 Å². The fraction of sp³-hybridized carbons (Fsp3) is 0.250. The first-order valence-electron chi connectivity index (χ1n) is 11.9. The topological polar surface area (TPSA) is 78.2 Å². The maximum Gasteiger partial charge on any atom is 0.272 e. The van der Waals surface area contributed by atoms with Gasteiger partial charge < -0.3 is 25.7 Å². The van der Waals surface area contributed by atoms with E-state index in [-0.39, 0.29) is 5.91 Å². The Bertz CT molecular complexity index is 1360. The van der Waals surface area contributed by atoms with Crippen molar-refractivity contribution in [1.82, 2.24) is 10.3 Å². The predicted octanol–water partition coefficient (Wildman–Crippen LogP) is 6.65. The van der Waals surface area contributed by atoms with E-state index in [1.807, 2.05) is 60.7 Å². The molecule has 0 aliphatic carbocycles. The average Bonchev–Trinajstić information content (AvgIpc) is 3.51. The van der Waals surface area contributed by atoms with Crippen LogP contribution in [0.2, 0.25) is 5.02 Å². The van der Waals surface area contributed by atoms with E-state index in [0.717, 1.165) is 41.9 Å². The number of halogens is 1. The van der Waals surface area contributed by atoms with E-state index in [9.17, 15) is 4.79 Å². The van der Waals surface area contributed by atoms with Crippen molar-refractivity contribution in [2.45, 2.75) is 32.7 Å². The van der Waals surface area contributed by atoms with Crippen molar-refractivity contribution >= 4 is 39.8 Å². The van der Waals surface area contributed by atoms with Crippen LogP contribution >= 0.6 is 11.6 Å². The van der Waals surface area contributed by atoms with Gasteiger partial charge in [-0.25, -0.2) is 0 Å². The van der Waals surface area contributed by atoms with Gasteiger partial charge >= 0.3 is 0 Å². The largest absolute Gasteiger partial charge is 0.457 e. The van der Waals surface area contributed by atoms with Gasteiger partial charge in [-0.15, -0.1) is 0 Å². The first kappa shape index (κ1) is 23.3. The van der Waals surface area contributed by atoms with Crippen molar-refractivity contribution in [1.29, 1.82) is 0 Å². The number of nitrogens with one attached hydrogen (secondary N) is 4. The highest BCUT2D eigenvalue weighted by molar-refractivity contribution is 6.32. The molecule has 0 saturated carbocycles. The van der Waals surface area contributed by atoms with Gasteiger partial charge in [0.05, 0.1) is 11.2 Å². The Kier molecular flexibility index (Phi) is 6.66. The molecule has 6 nitrogen and oxygen atoms in total. The summed E-state index contributed by atoms with van der Waals surface area (Å²) in [5.74, 6) is 1.28. The Morgan fingerprint density at radius 2 is 1.83 bits per heavy atom. The zero-order valence-electron chi connectivity index (χ0n) is 19.9. The molecule has 1 amide bonds. The van der Waals surface area contributed by atoms with Crippen molar-refractivity contribution in [2.24, 2.45) is 0 Å². The fourth-order valence-electron chi connectivity index (χ4n) is 4.35. The summed E-state index contributed by atoms with van der Waals surface area (Å²) in [4.78, 5) is 16.2. The zero-order valence-corrected chi connectivity index (χ0v) is 20.6. The minimum absolute atomic E-state index is 0.219. The number of anilines is 2. The smallest absolute Gasteiger partial charge is 0.272 e. The number of carbonyl (C=O) groups excluding carboxylic acids is 1. The molecule has 0 bridgehead atoms. The highest BCUT2D eigenvalue weighted by atomic mass is 35.5. The Morgan fingerprint density at radius 1 is 1.03 bits per heavy atom. The Labute approximate surface area is 210 Å². The van der Waals surface area contributed by atoms with Gasteiger partial charge in [-0.05, 0) is 99.0 Å². The molecule has 1 atom stereocenters. The van der Waals surface area contributed by atoms with Gasteiger partial charge in [0.1, 0.15) is 17.2 Å². The minimum atomic E-state index is -0.219. The number of aryl methyl sites for hydroxylation is 2. The number of hydrogen-bond donors (Lipinski definition) is 4. The van der Waals surface area contributed by atoms with Gasteiger partial charge in [0.25, 0.3) is 5.91 Å². The first-order chi connectivity index (χ1) is 16.9. The third kappa shape index (κ3) is 5.45. The molecule has 1 unspecified atom stereocenters. The number of benzene rings is 3. The first-order valence-corrected chi connectivity index (χ1v) is 12.3. The van der Waals surface area contributed by atoms with Gasteiger partial charge in [-0.2, -0.15) is 0 Å². The number of amides is 1.